The molecule has 0 unspecified atom stereocenters. The molecule has 1 aromatic heterocycles. The van der Waals surface area contributed by atoms with Crippen molar-refractivity contribution in [1.29, 1.82) is 0 Å². The minimum Gasteiger partial charge on any atom is -0.481 e. The van der Waals surface area contributed by atoms with E-state index in [9.17, 15) is 4.79 Å². The summed E-state index contributed by atoms with van der Waals surface area (Å²) in [6.07, 6.45) is 0.453. The molecule has 0 N–H and O–H groups in total. The van der Waals surface area contributed by atoms with Crippen LogP contribution in [0, 0.1) is 13.8 Å². The maximum Gasteiger partial charge on any atom is 0.228 e. The number of ether oxygens (including phenoxy) is 1. The van der Waals surface area contributed by atoms with Crippen LogP contribution in [0.1, 0.15) is 16.8 Å². The maximum absolute atomic E-state index is 12.5. The van der Waals surface area contributed by atoms with E-state index >= 15 is 0 Å². The Morgan fingerprint density at radius 2 is 1.76 bits per heavy atom. The number of aromatic nitrogens is 2. The van der Waals surface area contributed by atoms with Gasteiger partial charge in [0.15, 0.2) is 0 Å². The van der Waals surface area contributed by atoms with Gasteiger partial charge in [0, 0.05) is 37.9 Å². The van der Waals surface area contributed by atoms with Crippen LogP contribution >= 0.6 is 0 Å². The van der Waals surface area contributed by atoms with Gasteiger partial charge in [-0.2, -0.15) is 4.98 Å². The lowest BCUT2D eigenvalue weighted by atomic mass is 10.1. The van der Waals surface area contributed by atoms with Crippen molar-refractivity contribution in [1.82, 2.24) is 14.9 Å². The average molecular weight is 340 g/mol. The lowest BCUT2D eigenvalue weighted by Gasteiger charge is -2.35. The van der Waals surface area contributed by atoms with Gasteiger partial charge in [0.1, 0.15) is 0 Å². The summed E-state index contributed by atoms with van der Waals surface area (Å²) in [4.78, 5) is 25.4. The Morgan fingerprint density at radius 3 is 2.40 bits per heavy atom. The van der Waals surface area contributed by atoms with Crippen LogP contribution in [0.4, 0.5) is 5.95 Å². The number of benzene rings is 1. The second kappa shape index (κ2) is 7.51. The van der Waals surface area contributed by atoms with Crippen LogP contribution in [0.25, 0.3) is 0 Å². The number of rotatable bonds is 4. The van der Waals surface area contributed by atoms with Crippen molar-refractivity contribution in [3.63, 3.8) is 0 Å². The van der Waals surface area contributed by atoms with Crippen LogP contribution in [0.2, 0.25) is 0 Å². The van der Waals surface area contributed by atoms with E-state index in [2.05, 4.69) is 14.9 Å². The van der Waals surface area contributed by atoms with Crippen LogP contribution in [-0.4, -0.2) is 54.1 Å². The second-order valence-electron chi connectivity index (χ2n) is 6.38. The van der Waals surface area contributed by atoms with Gasteiger partial charge in [-0.25, -0.2) is 4.98 Å². The summed E-state index contributed by atoms with van der Waals surface area (Å²) in [5, 5.41) is 0. The summed E-state index contributed by atoms with van der Waals surface area (Å²) < 4.78 is 5.22. The van der Waals surface area contributed by atoms with Gasteiger partial charge in [-0.15, -0.1) is 0 Å². The summed E-state index contributed by atoms with van der Waals surface area (Å²) >= 11 is 0. The van der Waals surface area contributed by atoms with E-state index in [0.717, 1.165) is 24.3 Å². The molecule has 1 saturated heterocycles. The smallest absolute Gasteiger partial charge is 0.228 e. The van der Waals surface area contributed by atoms with E-state index in [1.165, 1.54) is 5.56 Å². The third kappa shape index (κ3) is 4.26. The van der Waals surface area contributed by atoms with Crippen molar-refractivity contribution >= 4 is 11.9 Å². The molecule has 0 bridgehead atoms. The molecule has 0 atom stereocenters. The predicted octanol–water partition coefficient (Wildman–Crippen LogP) is 1.99. The highest BCUT2D eigenvalue weighted by Crippen LogP contribution is 2.17. The fraction of sp³-hybridized carbons (Fsp3) is 0.421. The van der Waals surface area contributed by atoms with Gasteiger partial charge < -0.3 is 14.5 Å². The molecule has 6 heteroatoms. The van der Waals surface area contributed by atoms with E-state index in [0.29, 0.717) is 31.3 Å². The molecule has 2 aromatic rings. The molecular weight excluding hydrogens is 316 g/mol. The summed E-state index contributed by atoms with van der Waals surface area (Å²) in [5.74, 6) is 1.41. The first-order valence-corrected chi connectivity index (χ1v) is 8.53. The van der Waals surface area contributed by atoms with Crippen LogP contribution in [0.5, 0.6) is 5.88 Å². The normalized spacial score (nSPS) is 14.5. The third-order valence-corrected chi connectivity index (χ3v) is 4.42. The zero-order chi connectivity index (χ0) is 17.8. The SMILES string of the molecule is COc1cc(C)nc(N2CCN(C(=O)Cc3ccc(C)cc3)CC2)n1. The van der Waals surface area contributed by atoms with Crippen LogP contribution in [0.3, 0.4) is 0 Å². The van der Waals surface area contributed by atoms with Crippen LogP contribution in [0.15, 0.2) is 30.3 Å². The summed E-state index contributed by atoms with van der Waals surface area (Å²) in [5.41, 5.74) is 3.14. The summed E-state index contributed by atoms with van der Waals surface area (Å²) in [6, 6.07) is 9.95. The molecule has 1 aromatic carbocycles. The van der Waals surface area contributed by atoms with E-state index in [4.69, 9.17) is 4.74 Å². The third-order valence-electron chi connectivity index (χ3n) is 4.42. The molecular formula is C19H24N4O2. The van der Waals surface area contributed by atoms with E-state index in [1.54, 1.807) is 7.11 Å². The molecule has 2 heterocycles. The second-order valence-corrected chi connectivity index (χ2v) is 6.38. The molecule has 0 radical (unpaired) electrons. The maximum atomic E-state index is 12.5. The zero-order valence-corrected chi connectivity index (χ0v) is 15.0. The van der Waals surface area contributed by atoms with E-state index in [-0.39, 0.29) is 5.91 Å². The lowest BCUT2D eigenvalue weighted by Crippen LogP contribution is -2.49. The molecule has 6 nitrogen and oxygen atoms in total. The number of hydrogen-bond acceptors (Lipinski definition) is 5. The highest BCUT2D eigenvalue weighted by molar-refractivity contribution is 5.79. The molecule has 1 amide bonds. The Labute approximate surface area is 148 Å². The molecule has 132 valence electrons. The number of anilines is 1. The van der Waals surface area contributed by atoms with Crippen molar-refractivity contribution in [3.8, 4) is 5.88 Å². The van der Waals surface area contributed by atoms with Crippen LogP contribution < -0.4 is 9.64 Å². The highest BCUT2D eigenvalue weighted by atomic mass is 16.5. The Morgan fingerprint density at radius 1 is 1.08 bits per heavy atom. The predicted molar refractivity (Wildman–Crippen MR) is 97.0 cm³/mol. The molecule has 1 aliphatic heterocycles. The number of amides is 1. The number of aryl methyl sites for hydroxylation is 2. The number of hydrogen-bond donors (Lipinski definition) is 0. The molecule has 3 rings (SSSR count). The van der Waals surface area contributed by atoms with Crippen molar-refractivity contribution < 1.29 is 9.53 Å². The Balaban J connectivity index is 1.58. The lowest BCUT2D eigenvalue weighted by molar-refractivity contribution is -0.130. The Hall–Kier alpha value is -2.63. The monoisotopic (exact) mass is 340 g/mol. The van der Waals surface area contributed by atoms with Gasteiger partial charge >= 0.3 is 0 Å². The standard InChI is InChI=1S/C19H24N4O2/c1-14-4-6-16(7-5-14)13-18(24)22-8-10-23(11-9-22)19-20-15(2)12-17(21-19)25-3/h4-7,12H,8-11,13H2,1-3H3. The van der Waals surface area contributed by atoms with E-state index in [1.807, 2.05) is 49.1 Å². The average Bonchev–Trinajstić information content (AvgIpc) is 2.63. The first kappa shape index (κ1) is 17.2. The van der Waals surface area contributed by atoms with E-state index < -0.39 is 0 Å². The quantitative estimate of drug-likeness (QED) is 0.852. The highest BCUT2D eigenvalue weighted by Gasteiger charge is 2.23. The van der Waals surface area contributed by atoms with Crippen molar-refractivity contribution in [2.24, 2.45) is 0 Å². The van der Waals surface area contributed by atoms with Crippen molar-refractivity contribution in [2.45, 2.75) is 20.3 Å². The fourth-order valence-electron chi connectivity index (χ4n) is 2.92. The van der Waals surface area contributed by atoms with Gasteiger partial charge in [0.25, 0.3) is 0 Å². The number of carbonyl (C=O) groups is 1. The summed E-state index contributed by atoms with van der Waals surface area (Å²) in [7, 11) is 1.60. The van der Waals surface area contributed by atoms with Gasteiger partial charge in [-0.3, -0.25) is 4.79 Å². The minimum absolute atomic E-state index is 0.172. The molecule has 0 spiro atoms. The zero-order valence-electron chi connectivity index (χ0n) is 15.0. The summed E-state index contributed by atoms with van der Waals surface area (Å²) in [6.45, 7) is 6.80. The van der Waals surface area contributed by atoms with Gasteiger partial charge in [-0.05, 0) is 19.4 Å². The number of methoxy groups -OCH3 is 1. The van der Waals surface area contributed by atoms with Gasteiger partial charge in [0.05, 0.1) is 13.5 Å². The molecule has 25 heavy (non-hydrogen) atoms. The molecule has 0 saturated carbocycles. The van der Waals surface area contributed by atoms with Crippen molar-refractivity contribution in [2.75, 3.05) is 38.2 Å². The topological polar surface area (TPSA) is 58.6 Å². The first-order chi connectivity index (χ1) is 12.0. The number of nitrogens with zero attached hydrogens (tertiary/aromatic N) is 4. The number of carbonyl (C=O) groups excluding carboxylic acids is 1. The fourth-order valence-corrected chi connectivity index (χ4v) is 2.92. The largest absolute Gasteiger partial charge is 0.481 e. The minimum atomic E-state index is 0.172. The Bertz CT molecular complexity index is 738. The molecule has 1 aliphatic rings. The van der Waals surface area contributed by atoms with Gasteiger partial charge in [-0.1, -0.05) is 29.8 Å². The molecule has 0 aliphatic carbocycles. The van der Waals surface area contributed by atoms with Crippen LogP contribution in [-0.2, 0) is 11.2 Å². The van der Waals surface area contributed by atoms with Gasteiger partial charge in [0.2, 0.25) is 17.7 Å². The Kier molecular flexibility index (Phi) is 5.16. The van der Waals surface area contributed by atoms with Crippen molar-refractivity contribution in [3.05, 3.63) is 47.2 Å². The number of piperazine rings is 1. The first-order valence-electron chi connectivity index (χ1n) is 8.53. The molecule has 1 fully saturated rings.